The van der Waals surface area contributed by atoms with E-state index in [2.05, 4.69) is 56.2 Å². The van der Waals surface area contributed by atoms with Crippen molar-refractivity contribution in [1.82, 2.24) is 9.55 Å². The Balaban J connectivity index is 1.75. The SMILES string of the molecule is CC(C)=CCC/C(C)=C/CC/C(C)=C/CC/C(C)=C/CCC(=O)Nc1ccn([C@@H]2O[C@H](CO)[C@@H](O)C2(F)F)c(=O)n1. The molecule has 3 N–H and O–H groups in total. The van der Waals surface area contributed by atoms with Gasteiger partial charge in [-0.2, -0.15) is 13.8 Å². The van der Waals surface area contributed by atoms with E-state index in [1.807, 2.05) is 13.0 Å². The van der Waals surface area contributed by atoms with Crippen molar-refractivity contribution in [3.05, 3.63) is 69.3 Å². The van der Waals surface area contributed by atoms with E-state index in [0.717, 1.165) is 44.7 Å². The fourth-order valence-corrected chi connectivity index (χ4v) is 4.42. The van der Waals surface area contributed by atoms with Gasteiger partial charge >= 0.3 is 11.6 Å². The molecule has 1 aromatic heterocycles. The number of aromatic nitrogens is 2. The van der Waals surface area contributed by atoms with E-state index in [1.54, 1.807) is 0 Å². The molecule has 8 nitrogen and oxygen atoms in total. The number of anilines is 1. The van der Waals surface area contributed by atoms with E-state index in [1.165, 1.54) is 28.4 Å². The smallest absolute Gasteiger partial charge is 0.351 e. The zero-order valence-electron chi connectivity index (χ0n) is 24.8. The molecule has 3 atom stereocenters. The van der Waals surface area contributed by atoms with E-state index in [-0.39, 0.29) is 18.1 Å². The van der Waals surface area contributed by atoms with Crippen molar-refractivity contribution in [2.75, 3.05) is 11.9 Å². The number of alkyl halides is 2. The molecule has 10 heteroatoms. The molecule has 1 fully saturated rings. The molecule has 1 aliphatic rings. The standard InChI is InChI=1S/C31H45F2N3O5/c1-21(2)10-6-11-22(3)12-7-13-23(4)14-8-15-24(5)16-9-17-27(38)34-26-18-19-36(30(40)35-26)29-31(32,33)28(39)25(20-37)41-29/h10,12,14,16,18-19,25,28-29,37,39H,6-9,11,13,15,17,20H2,1-5H3,(H,34,35,38,40)/b22-12+,23-14+,24-16+/t25-,28-,29-/m1/s1. The van der Waals surface area contributed by atoms with Gasteiger partial charge < -0.3 is 20.3 Å². The first-order valence-corrected chi connectivity index (χ1v) is 14.2. The molecule has 0 unspecified atom stereocenters. The number of carbonyl (C=O) groups is 1. The first-order chi connectivity index (χ1) is 19.3. The zero-order valence-corrected chi connectivity index (χ0v) is 24.8. The van der Waals surface area contributed by atoms with Crippen LogP contribution in [0.15, 0.2) is 63.7 Å². The molecule has 2 rings (SSSR count). The van der Waals surface area contributed by atoms with Gasteiger partial charge in [0.05, 0.1) is 6.61 Å². The molecular weight excluding hydrogens is 532 g/mol. The van der Waals surface area contributed by atoms with Crippen molar-refractivity contribution >= 4 is 11.7 Å². The van der Waals surface area contributed by atoms with Crippen LogP contribution in [0.1, 0.15) is 92.2 Å². The van der Waals surface area contributed by atoms with Crippen LogP contribution in [-0.2, 0) is 9.53 Å². The number of rotatable bonds is 15. The van der Waals surface area contributed by atoms with Crippen molar-refractivity contribution in [1.29, 1.82) is 0 Å². The Morgan fingerprint density at radius 2 is 1.49 bits per heavy atom. The van der Waals surface area contributed by atoms with Crippen LogP contribution in [-0.4, -0.2) is 50.4 Å². The molecule has 0 bridgehead atoms. The highest BCUT2D eigenvalue weighted by Crippen LogP contribution is 2.42. The minimum atomic E-state index is -3.80. The number of hydrogen-bond acceptors (Lipinski definition) is 6. The molecular formula is C31H45F2N3O5. The topological polar surface area (TPSA) is 114 Å². The Kier molecular flexibility index (Phi) is 13.8. The van der Waals surface area contributed by atoms with Crippen LogP contribution in [0.2, 0.25) is 0 Å². The summed E-state index contributed by atoms with van der Waals surface area (Å²) < 4.78 is 34.1. The number of allylic oxidation sites excluding steroid dienone is 8. The van der Waals surface area contributed by atoms with E-state index in [0.29, 0.717) is 11.0 Å². The number of ether oxygens (including phenoxy) is 1. The van der Waals surface area contributed by atoms with Crippen LogP contribution < -0.4 is 11.0 Å². The quantitative estimate of drug-likeness (QED) is 0.221. The third-order valence-electron chi connectivity index (χ3n) is 6.93. The Labute approximate surface area is 241 Å². The molecule has 0 radical (unpaired) electrons. The Morgan fingerprint density at radius 1 is 0.976 bits per heavy atom. The summed E-state index contributed by atoms with van der Waals surface area (Å²) in [5.74, 6) is -4.24. The summed E-state index contributed by atoms with van der Waals surface area (Å²) in [6.45, 7) is 9.79. The second kappa shape index (κ2) is 16.5. The maximum Gasteiger partial charge on any atom is 0.351 e. The number of halogens is 2. The molecule has 0 saturated carbocycles. The van der Waals surface area contributed by atoms with Crippen molar-refractivity contribution in [2.45, 2.75) is 110 Å². The average Bonchev–Trinajstić information content (AvgIpc) is 3.12. The van der Waals surface area contributed by atoms with Crippen LogP contribution in [0.25, 0.3) is 0 Å². The second-order valence-corrected chi connectivity index (χ2v) is 11.0. The number of hydrogen-bond donors (Lipinski definition) is 3. The van der Waals surface area contributed by atoms with Gasteiger partial charge in [0, 0.05) is 12.6 Å². The fraction of sp³-hybridized carbons (Fsp3) is 0.581. The summed E-state index contributed by atoms with van der Waals surface area (Å²) in [5, 5.41) is 21.3. The first kappa shape index (κ1) is 34.3. The molecule has 41 heavy (non-hydrogen) atoms. The Morgan fingerprint density at radius 3 is 1.95 bits per heavy atom. The van der Waals surface area contributed by atoms with Gasteiger partial charge in [0.15, 0.2) is 6.10 Å². The van der Waals surface area contributed by atoms with Gasteiger partial charge in [0.2, 0.25) is 12.1 Å². The maximum absolute atomic E-state index is 14.3. The number of carbonyl (C=O) groups excluding carboxylic acids is 1. The number of amides is 1. The third-order valence-corrected chi connectivity index (χ3v) is 6.93. The van der Waals surface area contributed by atoms with E-state index in [9.17, 15) is 23.5 Å². The number of nitrogens with one attached hydrogen (secondary N) is 1. The molecule has 1 saturated heterocycles. The summed E-state index contributed by atoms with van der Waals surface area (Å²) in [5.41, 5.74) is 4.25. The molecule has 228 valence electrons. The highest BCUT2D eigenvalue weighted by atomic mass is 19.3. The van der Waals surface area contributed by atoms with Gasteiger partial charge in [-0.15, -0.1) is 0 Å². The summed E-state index contributed by atoms with van der Waals surface area (Å²) in [7, 11) is 0. The van der Waals surface area contributed by atoms with E-state index >= 15 is 0 Å². The van der Waals surface area contributed by atoms with Gasteiger partial charge in [0.25, 0.3) is 0 Å². The van der Waals surface area contributed by atoms with Crippen molar-refractivity contribution in [3.63, 3.8) is 0 Å². The van der Waals surface area contributed by atoms with Crippen LogP contribution in [0.4, 0.5) is 14.6 Å². The molecule has 0 aromatic carbocycles. The molecule has 0 aliphatic carbocycles. The molecule has 1 aliphatic heterocycles. The highest BCUT2D eigenvalue weighted by molar-refractivity contribution is 5.89. The average molecular weight is 578 g/mol. The summed E-state index contributed by atoms with van der Waals surface area (Å²) in [4.78, 5) is 28.3. The van der Waals surface area contributed by atoms with Gasteiger partial charge in [-0.05, 0) is 85.6 Å². The minimum absolute atomic E-state index is 0.0731. The number of aliphatic hydroxyl groups is 2. The number of nitrogens with zero attached hydrogens (tertiary/aromatic N) is 2. The minimum Gasteiger partial charge on any atom is -0.394 e. The lowest BCUT2D eigenvalue weighted by atomic mass is 10.0. The fourth-order valence-electron chi connectivity index (χ4n) is 4.42. The monoisotopic (exact) mass is 577 g/mol. The van der Waals surface area contributed by atoms with Crippen LogP contribution in [0, 0.1) is 0 Å². The molecule has 2 heterocycles. The lowest BCUT2D eigenvalue weighted by molar-refractivity contribution is -0.141. The lowest BCUT2D eigenvalue weighted by Gasteiger charge is -2.21. The summed E-state index contributed by atoms with van der Waals surface area (Å²) in [6.07, 6.45) is 10.8. The number of aliphatic hydroxyl groups excluding tert-OH is 2. The second-order valence-electron chi connectivity index (χ2n) is 11.0. The van der Waals surface area contributed by atoms with Crippen molar-refractivity contribution in [2.24, 2.45) is 0 Å². The van der Waals surface area contributed by atoms with Crippen molar-refractivity contribution < 1.29 is 28.5 Å². The molecule has 1 amide bonds. The predicted octanol–water partition coefficient (Wildman–Crippen LogP) is 5.99. The summed E-state index contributed by atoms with van der Waals surface area (Å²) >= 11 is 0. The zero-order chi connectivity index (χ0) is 30.6. The Hall–Kier alpha value is -2.95. The van der Waals surface area contributed by atoms with Gasteiger partial charge in [-0.1, -0.05) is 46.6 Å². The lowest BCUT2D eigenvalue weighted by Crippen LogP contribution is -2.41. The first-order valence-electron chi connectivity index (χ1n) is 14.2. The van der Waals surface area contributed by atoms with Gasteiger partial charge in [-0.3, -0.25) is 9.36 Å². The summed E-state index contributed by atoms with van der Waals surface area (Å²) in [6, 6.07) is 1.20. The maximum atomic E-state index is 14.3. The van der Waals surface area contributed by atoms with Crippen LogP contribution in [0.5, 0.6) is 0 Å². The van der Waals surface area contributed by atoms with E-state index in [4.69, 9.17) is 9.84 Å². The van der Waals surface area contributed by atoms with Crippen LogP contribution >= 0.6 is 0 Å². The largest absolute Gasteiger partial charge is 0.394 e. The van der Waals surface area contributed by atoms with Crippen molar-refractivity contribution in [3.8, 4) is 0 Å². The third kappa shape index (κ3) is 11.1. The Bertz CT molecular complexity index is 1200. The normalized spacial score (nSPS) is 21.2. The van der Waals surface area contributed by atoms with Gasteiger partial charge in [-0.25, -0.2) is 4.79 Å². The predicted molar refractivity (Wildman–Crippen MR) is 157 cm³/mol. The molecule has 1 aromatic rings. The highest BCUT2D eigenvalue weighted by Gasteiger charge is 2.59. The van der Waals surface area contributed by atoms with Crippen LogP contribution in [0.3, 0.4) is 0 Å². The van der Waals surface area contributed by atoms with Gasteiger partial charge in [0.1, 0.15) is 11.9 Å². The van der Waals surface area contributed by atoms with E-state index < -0.39 is 36.7 Å². The molecule has 0 spiro atoms.